The lowest BCUT2D eigenvalue weighted by molar-refractivity contribution is 0.112. The molecule has 3 heteroatoms. The third-order valence-electron chi connectivity index (χ3n) is 3.95. The predicted molar refractivity (Wildman–Crippen MR) is 77.9 cm³/mol. The van der Waals surface area contributed by atoms with E-state index in [2.05, 4.69) is 4.90 Å². The largest absolute Gasteiger partial charge is 0.356 e. The standard InChI is InChI=1S/C16H18N2O/c1-12-13-7-3-4-8-15(13)17-16(14(12)11-19)18-9-5-2-6-10-18/h3-4,7-8,11H,2,5-6,9-10H2,1H3. The number of piperidine rings is 1. The Morgan fingerprint density at radius 3 is 2.63 bits per heavy atom. The number of fused-ring (bicyclic) bond motifs is 1. The Hall–Kier alpha value is -1.90. The van der Waals surface area contributed by atoms with Crippen LogP contribution in [0.25, 0.3) is 10.9 Å². The van der Waals surface area contributed by atoms with E-state index < -0.39 is 0 Å². The second-order valence-electron chi connectivity index (χ2n) is 5.16. The van der Waals surface area contributed by atoms with E-state index in [-0.39, 0.29) is 0 Å². The summed E-state index contributed by atoms with van der Waals surface area (Å²) >= 11 is 0. The van der Waals surface area contributed by atoms with Crippen LogP contribution in [0.5, 0.6) is 0 Å². The number of nitrogens with zero attached hydrogens (tertiary/aromatic N) is 2. The first-order valence-corrected chi connectivity index (χ1v) is 6.91. The van der Waals surface area contributed by atoms with Gasteiger partial charge in [-0.15, -0.1) is 0 Å². The number of aromatic nitrogens is 1. The van der Waals surface area contributed by atoms with Crippen molar-refractivity contribution in [1.29, 1.82) is 0 Å². The predicted octanol–water partition coefficient (Wildman–Crippen LogP) is 3.35. The zero-order valence-corrected chi connectivity index (χ0v) is 11.2. The van der Waals surface area contributed by atoms with Crippen LogP contribution in [0.3, 0.4) is 0 Å². The summed E-state index contributed by atoms with van der Waals surface area (Å²) < 4.78 is 0. The molecule has 19 heavy (non-hydrogen) atoms. The Kier molecular flexibility index (Phi) is 3.20. The number of benzene rings is 1. The van der Waals surface area contributed by atoms with Gasteiger partial charge >= 0.3 is 0 Å². The molecule has 0 N–H and O–H groups in total. The highest BCUT2D eigenvalue weighted by Crippen LogP contribution is 2.28. The van der Waals surface area contributed by atoms with E-state index in [1.54, 1.807) is 0 Å². The van der Waals surface area contributed by atoms with Crippen LogP contribution in [0.2, 0.25) is 0 Å². The third-order valence-corrected chi connectivity index (χ3v) is 3.95. The van der Waals surface area contributed by atoms with Crippen LogP contribution in [0, 0.1) is 6.92 Å². The van der Waals surface area contributed by atoms with Gasteiger partial charge in [0.25, 0.3) is 0 Å². The zero-order chi connectivity index (χ0) is 13.2. The molecule has 1 fully saturated rings. The highest BCUT2D eigenvalue weighted by Gasteiger charge is 2.18. The zero-order valence-electron chi connectivity index (χ0n) is 11.2. The van der Waals surface area contributed by atoms with E-state index in [1.807, 2.05) is 31.2 Å². The maximum absolute atomic E-state index is 11.5. The molecule has 2 heterocycles. The minimum Gasteiger partial charge on any atom is -0.356 e. The van der Waals surface area contributed by atoms with Crippen LogP contribution in [-0.4, -0.2) is 24.4 Å². The minimum absolute atomic E-state index is 0.751. The van der Waals surface area contributed by atoms with Crippen molar-refractivity contribution in [3.8, 4) is 0 Å². The van der Waals surface area contributed by atoms with Gasteiger partial charge in [-0.05, 0) is 37.8 Å². The topological polar surface area (TPSA) is 33.2 Å². The smallest absolute Gasteiger partial charge is 0.154 e. The van der Waals surface area contributed by atoms with Gasteiger partial charge in [-0.2, -0.15) is 0 Å². The SMILES string of the molecule is Cc1c(C=O)c(N2CCCCC2)nc2ccccc12. The Balaban J connectivity index is 2.19. The molecule has 0 aliphatic carbocycles. The maximum Gasteiger partial charge on any atom is 0.154 e. The summed E-state index contributed by atoms with van der Waals surface area (Å²) in [4.78, 5) is 18.4. The van der Waals surface area contributed by atoms with Crippen molar-refractivity contribution in [3.05, 3.63) is 35.4 Å². The fourth-order valence-electron chi connectivity index (χ4n) is 2.86. The van der Waals surface area contributed by atoms with E-state index in [9.17, 15) is 4.79 Å². The Bertz CT molecular complexity index is 615. The number of carbonyl (C=O) groups excluding carboxylic acids is 1. The molecule has 0 spiro atoms. The normalized spacial score (nSPS) is 15.7. The Labute approximate surface area is 113 Å². The summed E-state index contributed by atoms with van der Waals surface area (Å²) in [6, 6.07) is 8.04. The van der Waals surface area contributed by atoms with E-state index in [0.717, 1.165) is 47.2 Å². The van der Waals surface area contributed by atoms with E-state index >= 15 is 0 Å². The number of carbonyl (C=O) groups is 1. The van der Waals surface area contributed by atoms with Gasteiger partial charge in [0.2, 0.25) is 0 Å². The number of hydrogen-bond acceptors (Lipinski definition) is 3. The number of para-hydroxylation sites is 1. The van der Waals surface area contributed by atoms with Crippen molar-refractivity contribution in [2.24, 2.45) is 0 Å². The Morgan fingerprint density at radius 1 is 1.16 bits per heavy atom. The van der Waals surface area contributed by atoms with Crippen LogP contribution in [-0.2, 0) is 0 Å². The number of rotatable bonds is 2. The molecule has 98 valence electrons. The van der Waals surface area contributed by atoms with Crippen LogP contribution >= 0.6 is 0 Å². The summed E-state index contributed by atoms with van der Waals surface area (Å²) in [6.07, 6.45) is 4.61. The number of aryl methyl sites for hydroxylation is 1. The molecule has 1 saturated heterocycles. The molecule has 1 aliphatic heterocycles. The summed E-state index contributed by atoms with van der Waals surface area (Å²) in [6.45, 7) is 4.03. The molecule has 0 radical (unpaired) electrons. The number of hydrogen-bond donors (Lipinski definition) is 0. The van der Waals surface area contributed by atoms with Gasteiger partial charge in [0.1, 0.15) is 5.82 Å². The summed E-state index contributed by atoms with van der Waals surface area (Å²) in [5.74, 6) is 0.867. The first kappa shape index (κ1) is 12.2. The fourth-order valence-corrected chi connectivity index (χ4v) is 2.86. The molecule has 2 aromatic rings. The second-order valence-corrected chi connectivity index (χ2v) is 5.16. The quantitative estimate of drug-likeness (QED) is 0.771. The molecule has 1 aromatic heterocycles. The summed E-state index contributed by atoms with van der Waals surface area (Å²) in [7, 11) is 0. The Morgan fingerprint density at radius 2 is 1.89 bits per heavy atom. The van der Waals surface area contributed by atoms with Gasteiger partial charge in [0, 0.05) is 18.5 Å². The van der Waals surface area contributed by atoms with Gasteiger partial charge in [-0.1, -0.05) is 18.2 Å². The van der Waals surface area contributed by atoms with Gasteiger partial charge in [0.05, 0.1) is 11.1 Å². The van der Waals surface area contributed by atoms with Crippen molar-refractivity contribution in [2.45, 2.75) is 26.2 Å². The summed E-state index contributed by atoms with van der Waals surface area (Å²) in [5.41, 5.74) is 2.77. The first-order chi connectivity index (χ1) is 9.31. The van der Waals surface area contributed by atoms with E-state index in [4.69, 9.17) is 4.98 Å². The molecular weight excluding hydrogens is 236 g/mol. The van der Waals surface area contributed by atoms with E-state index in [1.165, 1.54) is 19.3 Å². The van der Waals surface area contributed by atoms with Gasteiger partial charge in [-0.3, -0.25) is 4.79 Å². The molecular formula is C16H18N2O. The minimum atomic E-state index is 0.751. The lowest BCUT2D eigenvalue weighted by Gasteiger charge is -2.29. The van der Waals surface area contributed by atoms with Crippen molar-refractivity contribution < 1.29 is 4.79 Å². The van der Waals surface area contributed by atoms with Crippen LogP contribution in [0.1, 0.15) is 35.2 Å². The van der Waals surface area contributed by atoms with Crippen molar-refractivity contribution in [2.75, 3.05) is 18.0 Å². The van der Waals surface area contributed by atoms with Crippen molar-refractivity contribution in [1.82, 2.24) is 4.98 Å². The number of anilines is 1. The lowest BCUT2D eigenvalue weighted by atomic mass is 10.0. The molecule has 3 nitrogen and oxygen atoms in total. The van der Waals surface area contributed by atoms with Crippen LogP contribution < -0.4 is 4.90 Å². The molecule has 0 unspecified atom stereocenters. The highest BCUT2D eigenvalue weighted by molar-refractivity contribution is 5.95. The average Bonchev–Trinajstić information content (AvgIpc) is 2.48. The molecule has 0 bridgehead atoms. The number of pyridine rings is 1. The van der Waals surface area contributed by atoms with Gasteiger partial charge in [0.15, 0.2) is 6.29 Å². The molecule has 1 aliphatic rings. The average molecular weight is 254 g/mol. The maximum atomic E-state index is 11.5. The highest BCUT2D eigenvalue weighted by atomic mass is 16.1. The summed E-state index contributed by atoms with van der Waals surface area (Å²) in [5, 5.41) is 1.07. The van der Waals surface area contributed by atoms with Crippen molar-refractivity contribution >= 4 is 23.0 Å². The monoisotopic (exact) mass is 254 g/mol. The third kappa shape index (κ3) is 2.09. The molecule has 0 saturated carbocycles. The lowest BCUT2D eigenvalue weighted by Crippen LogP contribution is -2.31. The molecule has 3 rings (SSSR count). The van der Waals surface area contributed by atoms with Gasteiger partial charge < -0.3 is 4.90 Å². The fraction of sp³-hybridized carbons (Fsp3) is 0.375. The van der Waals surface area contributed by atoms with E-state index in [0.29, 0.717) is 0 Å². The molecule has 0 amide bonds. The molecule has 1 aromatic carbocycles. The van der Waals surface area contributed by atoms with Crippen molar-refractivity contribution in [3.63, 3.8) is 0 Å². The van der Waals surface area contributed by atoms with Gasteiger partial charge in [-0.25, -0.2) is 4.98 Å². The second kappa shape index (κ2) is 5.00. The van der Waals surface area contributed by atoms with Crippen LogP contribution in [0.4, 0.5) is 5.82 Å². The molecule has 0 atom stereocenters. The number of aldehydes is 1. The first-order valence-electron chi connectivity index (χ1n) is 6.91. The van der Waals surface area contributed by atoms with Crippen LogP contribution in [0.15, 0.2) is 24.3 Å².